The lowest BCUT2D eigenvalue weighted by Crippen LogP contribution is -2.38. The lowest BCUT2D eigenvalue weighted by molar-refractivity contribution is -0.384. The maximum Gasteiger partial charge on any atom is 0.343 e. The highest BCUT2D eigenvalue weighted by atomic mass is 16.6. The van der Waals surface area contributed by atoms with Gasteiger partial charge in [0.25, 0.3) is 11.6 Å². The van der Waals surface area contributed by atoms with Crippen molar-refractivity contribution in [1.29, 1.82) is 5.26 Å². The molecule has 10 nitrogen and oxygen atoms in total. The van der Waals surface area contributed by atoms with Gasteiger partial charge in [0.15, 0.2) is 6.61 Å². The summed E-state index contributed by atoms with van der Waals surface area (Å²) in [6.07, 6.45) is 4.60. The van der Waals surface area contributed by atoms with E-state index < -0.39 is 23.4 Å². The van der Waals surface area contributed by atoms with Crippen molar-refractivity contribution in [2.75, 3.05) is 18.1 Å². The molecule has 3 aromatic rings. The van der Waals surface area contributed by atoms with Crippen LogP contribution in [-0.4, -0.2) is 34.5 Å². The third-order valence-electron chi connectivity index (χ3n) is 5.24. The number of esters is 1. The van der Waals surface area contributed by atoms with Crippen LogP contribution in [-0.2, 0) is 16.0 Å². The Balaban J connectivity index is 1.51. The molecule has 2 aromatic heterocycles. The van der Waals surface area contributed by atoms with E-state index in [9.17, 15) is 25.0 Å². The molecule has 0 N–H and O–H groups in total. The van der Waals surface area contributed by atoms with Gasteiger partial charge in [-0.15, -0.1) is 0 Å². The second-order valence-electron chi connectivity index (χ2n) is 7.21. The van der Waals surface area contributed by atoms with E-state index in [0.717, 1.165) is 0 Å². The summed E-state index contributed by atoms with van der Waals surface area (Å²) < 4.78 is 12.4. The molecule has 1 amide bonds. The van der Waals surface area contributed by atoms with Crippen molar-refractivity contribution in [2.24, 2.45) is 0 Å². The first-order valence-corrected chi connectivity index (χ1v) is 9.82. The molecule has 10 heteroatoms. The van der Waals surface area contributed by atoms with Crippen LogP contribution in [0.2, 0.25) is 0 Å². The summed E-state index contributed by atoms with van der Waals surface area (Å²) in [5.41, 5.74) is 1.21. The molecular weight excluding hydrogens is 416 g/mol. The number of hydrogen-bond acceptors (Lipinski definition) is 7. The van der Waals surface area contributed by atoms with Crippen molar-refractivity contribution >= 4 is 23.3 Å². The number of nitriles is 1. The number of nitrogens with zero attached hydrogens (tertiary/aromatic N) is 4. The largest absolute Gasteiger partial charge is 0.452 e. The third-order valence-corrected chi connectivity index (χ3v) is 5.24. The normalized spacial score (nSPS) is 12.7. The predicted molar refractivity (Wildman–Crippen MR) is 112 cm³/mol. The van der Waals surface area contributed by atoms with Crippen molar-refractivity contribution in [3.05, 3.63) is 75.3 Å². The van der Waals surface area contributed by atoms with Gasteiger partial charge >= 0.3 is 5.97 Å². The number of benzene rings is 1. The van der Waals surface area contributed by atoms with Crippen LogP contribution < -0.4 is 4.90 Å². The van der Waals surface area contributed by atoms with Crippen molar-refractivity contribution in [3.63, 3.8) is 0 Å². The topological polar surface area (TPSA) is 132 Å². The Morgan fingerprint density at radius 3 is 2.75 bits per heavy atom. The number of carbonyl (C=O) groups excluding carboxylic acids is 2. The Hall–Kier alpha value is -4.39. The zero-order valence-electron chi connectivity index (χ0n) is 17.1. The van der Waals surface area contributed by atoms with Crippen LogP contribution in [0.15, 0.2) is 47.1 Å². The molecule has 162 valence electrons. The second kappa shape index (κ2) is 8.39. The van der Waals surface area contributed by atoms with Gasteiger partial charge in [0.2, 0.25) is 5.88 Å². The van der Waals surface area contributed by atoms with E-state index in [-0.39, 0.29) is 28.5 Å². The number of rotatable bonds is 5. The molecule has 0 spiro atoms. The van der Waals surface area contributed by atoms with Crippen molar-refractivity contribution < 1.29 is 23.7 Å². The fourth-order valence-electron chi connectivity index (χ4n) is 3.76. The van der Waals surface area contributed by atoms with Gasteiger partial charge in [-0.05, 0) is 43.5 Å². The van der Waals surface area contributed by atoms with Crippen molar-refractivity contribution in [2.45, 2.75) is 19.8 Å². The Morgan fingerprint density at radius 1 is 1.31 bits per heavy atom. The van der Waals surface area contributed by atoms with Gasteiger partial charge in [0.05, 0.1) is 4.92 Å². The van der Waals surface area contributed by atoms with Gasteiger partial charge in [0, 0.05) is 36.8 Å². The lowest BCUT2D eigenvalue weighted by Gasteiger charge is -2.29. The molecular formula is C22H18N4O6. The number of aryl methyl sites for hydroxylation is 2. The Morgan fingerprint density at radius 2 is 2.06 bits per heavy atom. The van der Waals surface area contributed by atoms with E-state index in [0.29, 0.717) is 30.6 Å². The molecule has 0 saturated heterocycles. The van der Waals surface area contributed by atoms with Crippen LogP contribution in [0.3, 0.4) is 0 Å². The van der Waals surface area contributed by atoms with E-state index in [1.54, 1.807) is 36.0 Å². The Bertz CT molecular complexity index is 1250. The maximum absolute atomic E-state index is 12.8. The molecule has 0 unspecified atom stereocenters. The summed E-state index contributed by atoms with van der Waals surface area (Å²) in [6, 6.07) is 9.80. The molecule has 3 heterocycles. The highest BCUT2D eigenvalue weighted by Gasteiger charge is 2.28. The van der Waals surface area contributed by atoms with Crippen LogP contribution in [0.4, 0.5) is 11.4 Å². The minimum Gasteiger partial charge on any atom is -0.452 e. The van der Waals surface area contributed by atoms with Gasteiger partial charge < -0.3 is 14.1 Å². The highest BCUT2D eigenvalue weighted by molar-refractivity contribution is 5.99. The standard InChI is InChI=1S/C22H18N4O6/c1-14-20(17(12-23)21(32-14)24-8-2-3-9-24)22(28)31-13-19(27)25-10-4-5-15-11-16(26(29)30)6-7-18(15)25/h2-3,6-9,11H,4-5,10,13H2,1H3. The zero-order chi connectivity index (χ0) is 22.8. The first kappa shape index (κ1) is 20.9. The number of fused-ring (bicyclic) bond motifs is 1. The number of hydrogen-bond donors (Lipinski definition) is 0. The van der Waals surface area contributed by atoms with Gasteiger partial charge in [-0.25, -0.2) is 4.79 Å². The van der Waals surface area contributed by atoms with Gasteiger partial charge in [-0.3, -0.25) is 19.5 Å². The van der Waals surface area contributed by atoms with Gasteiger partial charge in [-0.1, -0.05) is 0 Å². The number of ether oxygens (including phenoxy) is 1. The summed E-state index contributed by atoms with van der Waals surface area (Å²) in [4.78, 5) is 37.4. The predicted octanol–water partition coefficient (Wildman–Crippen LogP) is 3.29. The van der Waals surface area contributed by atoms with E-state index in [1.807, 2.05) is 6.07 Å². The molecule has 0 radical (unpaired) electrons. The van der Waals surface area contributed by atoms with E-state index in [1.165, 1.54) is 23.1 Å². The minimum absolute atomic E-state index is 0.0202. The molecule has 4 rings (SSSR count). The van der Waals surface area contributed by atoms with Gasteiger partial charge in [-0.2, -0.15) is 5.26 Å². The number of furan rings is 1. The minimum atomic E-state index is -0.838. The molecule has 0 atom stereocenters. The number of aromatic nitrogens is 1. The highest BCUT2D eigenvalue weighted by Crippen LogP contribution is 2.31. The summed E-state index contributed by atoms with van der Waals surface area (Å²) in [7, 11) is 0. The maximum atomic E-state index is 12.8. The molecule has 1 aliphatic rings. The molecule has 0 saturated carbocycles. The number of amides is 1. The number of carbonyl (C=O) groups is 2. The Labute approximate surface area is 182 Å². The first-order valence-electron chi connectivity index (χ1n) is 9.82. The fraction of sp³-hybridized carbons (Fsp3) is 0.227. The van der Waals surface area contributed by atoms with E-state index >= 15 is 0 Å². The summed E-state index contributed by atoms with van der Waals surface area (Å²) in [5, 5.41) is 20.6. The number of nitro benzene ring substituents is 1. The lowest BCUT2D eigenvalue weighted by atomic mass is 10.0. The van der Waals surface area contributed by atoms with Crippen LogP contribution in [0, 0.1) is 28.4 Å². The fourth-order valence-corrected chi connectivity index (χ4v) is 3.76. The summed E-state index contributed by atoms with van der Waals surface area (Å²) in [6.45, 7) is 1.41. The third kappa shape index (κ3) is 3.72. The van der Waals surface area contributed by atoms with Gasteiger partial charge in [0.1, 0.15) is 23.0 Å². The van der Waals surface area contributed by atoms with E-state index in [2.05, 4.69) is 0 Å². The quantitative estimate of drug-likeness (QED) is 0.342. The summed E-state index contributed by atoms with van der Waals surface area (Å²) in [5.74, 6) is -0.896. The van der Waals surface area contributed by atoms with Crippen LogP contribution in [0.1, 0.15) is 33.7 Å². The van der Waals surface area contributed by atoms with Crippen LogP contribution >= 0.6 is 0 Å². The molecule has 0 bridgehead atoms. The van der Waals surface area contributed by atoms with E-state index in [4.69, 9.17) is 9.15 Å². The molecule has 32 heavy (non-hydrogen) atoms. The first-order chi connectivity index (χ1) is 15.4. The number of non-ortho nitro benzene ring substituents is 1. The zero-order valence-corrected chi connectivity index (χ0v) is 17.1. The average Bonchev–Trinajstić information content (AvgIpc) is 3.43. The number of nitro groups is 1. The monoisotopic (exact) mass is 434 g/mol. The Kier molecular flexibility index (Phi) is 5.47. The summed E-state index contributed by atoms with van der Waals surface area (Å²) >= 11 is 0. The van der Waals surface area contributed by atoms with Crippen LogP contribution in [0.25, 0.3) is 5.88 Å². The molecule has 0 fully saturated rings. The molecule has 1 aliphatic heterocycles. The van der Waals surface area contributed by atoms with Crippen molar-refractivity contribution in [3.8, 4) is 12.0 Å². The van der Waals surface area contributed by atoms with Crippen LogP contribution in [0.5, 0.6) is 0 Å². The smallest absolute Gasteiger partial charge is 0.343 e. The second-order valence-corrected chi connectivity index (χ2v) is 7.21. The van der Waals surface area contributed by atoms with Crippen molar-refractivity contribution in [1.82, 2.24) is 4.57 Å². The molecule has 1 aromatic carbocycles. The molecule has 0 aliphatic carbocycles. The SMILES string of the molecule is Cc1oc(-n2cccc2)c(C#N)c1C(=O)OCC(=O)N1CCCc2cc([N+](=O)[O-])ccc21. The average molecular weight is 434 g/mol. The number of anilines is 1.